The lowest BCUT2D eigenvalue weighted by atomic mass is 10.1. The third kappa shape index (κ3) is 4.26. The number of carbonyl (C=O) groups excluding carboxylic acids is 2. The number of aryl methyl sites for hydroxylation is 1. The van der Waals surface area contributed by atoms with Gasteiger partial charge in [0.1, 0.15) is 11.5 Å². The molecule has 5 rings (SSSR count). The third-order valence-electron chi connectivity index (χ3n) is 6.16. The van der Waals surface area contributed by atoms with Gasteiger partial charge in [-0.05, 0) is 48.7 Å². The molecule has 2 amide bonds. The first kappa shape index (κ1) is 22.3. The molecule has 4 aromatic heterocycles. The molecule has 0 fully saturated rings. The van der Waals surface area contributed by atoms with Crippen molar-refractivity contribution in [3.05, 3.63) is 95.7 Å². The van der Waals surface area contributed by atoms with Crippen LogP contribution >= 0.6 is 0 Å². The number of pyridine rings is 2. The number of hydrogen-bond acceptors (Lipinski definition) is 4. The summed E-state index contributed by atoms with van der Waals surface area (Å²) >= 11 is 0. The minimum absolute atomic E-state index is 0.169. The van der Waals surface area contributed by atoms with Crippen LogP contribution in [-0.2, 0) is 12.8 Å². The third-order valence-corrected chi connectivity index (χ3v) is 6.16. The maximum absolute atomic E-state index is 13.1. The van der Waals surface area contributed by atoms with Gasteiger partial charge < -0.3 is 10.3 Å². The highest BCUT2D eigenvalue weighted by atomic mass is 16.2. The number of benzene rings is 1. The number of para-hydroxylation sites is 1. The van der Waals surface area contributed by atoms with Gasteiger partial charge in [-0.3, -0.25) is 23.9 Å². The molecule has 1 aromatic carbocycles. The maximum atomic E-state index is 13.1. The number of aromatic nitrogens is 4. The molecule has 0 aliphatic heterocycles. The predicted molar refractivity (Wildman–Crippen MR) is 136 cm³/mol. The summed E-state index contributed by atoms with van der Waals surface area (Å²) in [6.07, 6.45) is 8.29. The van der Waals surface area contributed by atoms with Gasteiger partial charge in [0.05, 0.1) is 11.3 Å². The Hall–Kier alpha value is -4.46. The second kappa shape index (κ2) is 9.42. The number of rotatable bonds is 7. The van der Waals surface area contributed by atoms with Crippen molar-refractivity contribution in [1.29, 1.82) is 0 Å². The van der Waals surface area contributed by atoms with Gasteiger partial charge in [0, 0.05) is 54.8 Å². The van der Waals surface area contributed by atoms with Crippen LogP contribution in [0.5, 0.6) is 0 Å². The average molecular weight is 467 g/mol. The van der Waals surface area contributed by atoms with Gasteiger partial charge in [-0.15, -0.1) is 0 Å². The molecule has 0 spiro atoms. The fourth-order valence-electron chi connectivity index (χ4n) is 4.34. The number of carbonyl (C=O) groups is 2. The van der Waals surface area contributed by atoms with Gasteiger partial charge >= 0.3 is 0 Å². The van der Waals surface area contributed by atoms with Crippen LogP contribution in [0.4, 0.5) is 5.82 Å². The number of nitrogens with zero attached hydrogens (tertiary/aromatic N) is 4. The Morgan fingerprint density at radius 1 is 1.06 bits per heavy atom. The number of aromatic amines is 1. The number of fused-ring (bicyclic) bond motifs is 2. The molecule has 0 radical (unpaired) electrons. The van der Waals surface area contributed by atoms with Crippen molar-refractivity contribution >= 4 is 34.2 Å². The Balaban J connectivity index is 1.37. The van der Waals surface area contributed by atoms with E-state index in [-0.39, 0.29) is 11.8 Å². The zero-order valence-corrected chi connectivity index (χ0v) is 19.7. The molecule has 4 heterocycles. The standard InChI is InChI=1S/C27H26N6O2/c1-3-22-26(32(2)27(35)18-10-13-28-14-11-18)33-17-20(8-9-24(33)31-22)25(34)29-15-12-19-16-30-23-7-5-4-6-21(19)23/h4-11,13-14,16-17,30H,3,12,15H2,1-2H3,(H,29,34). The van der Waals surface area contributed by atoms with E-state index in [1.165, 1.54) is 5.39 Å². The van der Waals surface area contributed by atoms with Gasteiger partial charge in [-0.1, -0.05) is 25.1 Å². The van der Waals surface area contributed by atoms with Crippen molar-refractivity contribution in [3.8, 4) is 0 Å². The van der Waals surface area contributed by atoms with E-state index in [2.05, 4.69) is 26.3 Å². The van der Waals surface area contributed by atoms with Crippen LogP contribution in [0.2, 0.25) is 0 Å². The van der Waals surface area contributed by atoms with Crippen LogP contribution in [0.1, 0.15) is 38.9 Å². The first-order chi connectivity index (χ1) is 17.1. The SMILES string of the molecule is CCc1nc2ccc(C(=O)NCCc3c[nH]c4ccccc34)cn2c1N(C)C(=O)c1ccncc1. The Labute approximate surface area is 202 Å². The molecule has 0 saturated heterocycles. The highest BCUT2D eigenvalue weighted by molar-refractivity contribution is 6.05. The van der Waals surface area contributed by atoms with E-state index in [4.69, 9.17) is 0 Å². The second-order valence-corrected chi connectivity index (χ2v) is 8.35. The van der Waals surface area contributed by atoms with Crippen LogP contribution in [0.15, 0.2) is 73.3 Å². The van der Waals surface area contributed by atoms with Crippen LogP contribution in [0, 0.1) is 0 Å². The first-order valence-corrected chi connectivity index (χ1v) is 11.6. The summed E-state index contributed by atoms with van der Waals surface area (Å²) in [4.78, 5) is 39.6. The zero-order chi connectivity index (χ0) is 24.4. The fraction of sp³-hybridized carbons (Fsp3) is 0.185. The fourth-order valence-corrected chi connectivity index (χ4v) is 4.34. The molecule has 8 nitrogen and oxygen atoms in total. The number of amides is 2. The van der Waals surface area contributed by atoms with Gasteiger partial charge in [0.2, 0.25) is 0 Å². The largest absolute Gasteiger partial charge is 0.361 e. The van der Waals surface area contributed by atoms with Crippen molar-refractivity contribution in [2.75, 3.05) is 18.5 Å². The average Bonchev–Trinajstić information content (AvgIpc) is 3.49. The van der Waals surface area contributed by atoms with Gasteiger partial charge in [0.25, 0.3) is 11.8 Å². The first-order valence-electron chi connectivity index (χ1n) is 11.6. The Morgan fingerprint density at radius 3 is 2.66 bits per heavy atom. The molecule has 8 heteroatoms. The van der Waals surface area contributed by atoms with Crippen molar-refractivity contribution in [1.82, 2.24) is 24.7 Å². The highest BCUT2D eigenvalue weighted by Crippen LogP contribution is 2.25. The number of nitrogens with one attached hydrogen (secondary N) is 2. The van der Waals surface area contributed by atoms with Crippen LogP contribution in [-0.4, -0.2) is 44.8 Å². The molecule has 0 bridgehead atoms. The Kier molecular flexibility index (Phi) is 6.01. The monoisotopic (exact) mass is 466 g/mol. The molecule has 35 heavy (non-hydrogen) atoms. The van der Waals surface area contributed by atoms with Crippen molar-refractivity contribution in [2.45, 2.75) is 19.8 Å². The lowest BCUT2D eigenvalue weighted by molar-refractivity contribution is 0.0952. The molecule has 176 valence electrons. The number of hydrogen-bond donors (Lipinski definition) is 2. The molecule has 0 unspecified atom stereocenters. The van der Waals surface area contributed by atoms with Crippen LogP contribution in [0.25, 0.3) is 16.6 Å². The zero-order valence-electron chi connectivity index (χ0n) is 19.7. The quantitative estimate of drug-likeness (QED) is 0.379. The van der Waals surface area contributed by atoms with E-state index in [0.717, 1.165) is 23.2 Å². The van der Waals surface area contributed by atoms with Crippen molar-refractivity contribution < 1.29 is 9.59 Å². The van der Waals surface area contributed by atoms with Crippen LogP contribution < -0.4 is 10.2 Å². The minimum Gasteiger partial charge on any atom is -0.361 e. The molecule has 5 aromatic rings. The molecule has 0 aliphatic rings. The predicted octanol–water partition coefficient (Wildman–Crippen LogP) is 4.02. The van der Waals surface area contributed by atoms with E-state index in [1.54, 1.807) is 48.7 Å². The van der Waals surface area contributed by atoms with E-state index >= 15 is 0 Å². The molecular weight excluding hydrogens is 440 g/mol. The summed E-state index contributed by atoms with van der Waals surface area (Å²) in [5.74, 6) is 0.308. The summed E-state index contributed by atoms with van der Waals surface area (Å²) < 4.78 is 1.81. The molecular formula is C27H26N6O2. The minimum atomic E-state index is -0.174. The molecule has 0 aliphatic carbocycles. The number of imidazole rings is 1. The lowest BCUT2D eigenvalue weighted by Crippen LogP contribution is -2.29. The Bertz CT molecular complexity index is 1520. The van der Waals surface area contributed by atoms with Crippen molar-refractivity contribution in [3.63, 3.8) is 0 Å². The van der Waals surface area contributed by atoms with Gasteiger partial charge in [-0.25, -0.2) is 4.98 Å². The summed E-state index contributed by atoms with van der Waals surface area (Å²) in [6, 6.07) is 15.1. The van der Waals surface area contributed by atoms with E-state index in [9.17, 15) is 9.59 Å². The van der Waals surface area contributed by atoms with Gasteiger partial charge in [-0.2, -0.15) is 0 Å². The van der Waals surface area contributed by atoms with Crippen molar-refractivity contribution in [2.24, 2.45) is 0 Å². The summed E-state index contributed by atoms with van der Waals surface area (Å²) in [5.41, 5.74) is 4.75. The van der Waals surface area contributed by atoms with E-state index < -0.39 is 0 Å². The summed E-state index contributed by atoms with van der Waals surface area (Å²) in [7, 11) is 1.72. The maximum Gasteiger partial charge on any atom is 0.259 e. The number of H-pyrrole nitrogens is 1. The molecule has 2 N–H and O–H groups in total. The highest BCUT2D eigenvalue weighted by Gasteiger charge is 2.22. The van der Waals surface area contributed by atoms with E-state index in [1.807, 2.05) is 41.8 Å². The normalized spacial score (nSPS) is 11.1. The molecule has 0 saturated carbocycles. The number of anilines is 1. The summed E-state index contributed by atoms with van der Waals surface area (Å²) in [5, 5.41) is 4.18. The van der Waals surface area contributed by atoms with E-state index in [0.29, 0.717) is 35.6 Å². The van der Waals surface area contributed by atoms with Gasteiger partial charge in [0.15, 0.2) is 0 Å². The second-order valence-electron chi connectivity index (χ2n) is 8.35. The summed E-state index contributed by atoms with van der Waals surface area (Å²) in [6.45, 7) is 2.50. The lowest BCUT2D eigenvalue weighted by Gasteiger charge is -2.18. The van der Waals surface area contributed by atoms with Crippen LogP contribution in [0.3, 0.4) is 0 Å². The Morgan fingerprint density at radius 2 is 1.86 bits per heavy atom. The molecule has 0 atom stereocenters. The smallest absolute Gasteiger partial charge is 0.259 e. The topological polar surface area (TPSA) is 95.4 Å².